The number of alkyl halides is 2. The van der Waals surface area contributed by atoms with Crippen molar-refractivity contribution >= 4 is 22.5 Å². The minimum absolute atomic E-state index is 0.349. The predicted octanol–water partition coefficient (Wildman–Crippen LogP) is 3.31. The zero-order valence-electron chi connectivity index (χ0n) is 8.71. The van der Waals surface area contributed by atoms with Gasteiger partial charge in [-0.25, -0.2) is 8.78 Å². The molecule has 1 fully saturated rings. The first-order valence-electron chi connectivity index (χ1n) is 5.19. The number of benzene rings is 1. The molecule has 1 N–H and O–H groups in total. The van der Waals surface area contributed by atoms with Gasteiger partial charge in [-0.1, -0.05) is 17.7 Å². The van der Waals surface area contributed by atoms with E-state index in [0.29, 0.717) is 16.1 Å². The zero-order chi connectivity index (χ0) is 12.0. The highest BCUT2D eigenvalue weighted by Crippen LogP contribution is 2.41. The second-order valence-electron chi connectivity index (χ2n) is 4.13. The molecule has 3 nitrogen and oxygen atoms in total. The van der Waals surface area contributed by atoms with E-state index in [0.717, 1.165) is 5.52 Å². The molecule has 6 heteroatoms. The lowest BCUT2D eigenvalue weighted by Crippen LogP contribution is -2.14. The number of halogens is 3. The maximum absolute atomic E-state index is 13.1. The van der Waals surface area contributed by atoms with Gasteiger partial charge >= 0.3 is 0 Å². The minimum Gasteiger partial charge on any atom is -0.365 e. The van der Waals surface area contributed by atoms with Crippen molar-refractivity contribution < 1.29 is 13.5 Å². The smallest absolute Gasteiger partial charge is 0.273 e. The number of fused-ring (bicyclic) bond motifs is 1. The lowest BCUT2D eigenvalue weighted by Gasteiger charge is -2.06. The van der Waals surface area contributed by atoms with Gasteiger partial charge in [0.25, 0.3) is 5.92 Å². The van der Waals surface area contributed by atoms with E-state index in [4.69, 9.17) is 16.3 Å². The number of nitrogens with zero attached hydrogens (tertiary/aromatic N) is 1. The second kappa shape index (κ2) is 3.65. The molecule has 1 aliphatic heterocycles. The number of hydrogen-bond acceptors (Lipinski definition) is 2. The van der Waals surface area contributed by atoms with Crippen LogP contribution in [0.1, 0.15) is 18.2 Å². The van der Waals surface area contributed by atoms with Crippen LogP contribution in [0.3, 0.4) is 0 Å². The Kier molecular flexibility index (Phi) is 2.34. The summed E-state index contributed by atoms with van der Waals surface area (Å²) in [6.07, 6.45) is -1.04. The van der Waals surface area contributed by atoms with Gasteiger partial charge < -0.3 is 4.74 Å². The van der Waals surface area contributed by atoms with Gasteiger partial charge in [-0.2, -0.15) is 5.10 Å². The van der Waals surface area contributed by atoms with Crippen LogP contribution < -0.4 is 0 Å². The zero-order valence-corrected chi connectivity index (χ0v) is 9.47. The van der Waals surface area contributed by atoms with Crippen LogP contribution in [-0.2, 0) is 4.74 Å². The summed E-state index contributed by atoms with van der Waals surface area (Å²) in [5, 5.41) is 7.96. The molecule has 0 spiro atoms. The van der Waals surface area contributed by atoms with E-state index in [2.05, 4.69) is 10.2 Å². The highest BCUT2D eigenvalue weighted by atomic mass is 35.5. The first-order chi connectivity index (χ1) is 8.07. The average Bonchev–Trinajstić information content (AvgIpc) is 2.82. The fourth-order valence-corrected chi connectivity index (χ4v) is 2.35. The van der Waals surface area contributed by atoms with Gasteiger partial charge in [-0.3, -0.25) is 5.10 Å². The van der Waals surface area contributed by atoms with Crippen LogP contribution in [0.25, 0.3) is 10.9 Å². The topological polar surface area (TPSA) is 37.9 Å². The summed E-state index contributed by atoms with van der Waals surface area (Å²) < 4.78 is 31.3. The summed E-state index contributed by atoms with van der Waals surface area (Å²) in [5.74, 6) is -2.78. The summed E-state index contributed by atoms with van der Waals surface area (Å²) in [6, 6.07) is 5.28. The van der Waals surface area contributed by atoms with Gasteiger partial charge in [0.1, 0.15) is 18.4 Å². The Labute approximate surface area is 101 Å². The van der Waals surface area contributed by atoms with Crippen molar-refractivity contribution in [1.29, 1.82) is 0 Å². The Balaban J connectivity index is 2.07. The van der Waals surface area contributed by atoms with E-state index in [1.807, 2.05) is 0 Å². The van der Waals surface area contributed by atoms with E-state index >= 15 is 0 Å². The van der Waals surface area contributed by atoms with E-state index in [-0.39, 0.29) is 6.42 Å². The van der Waals surface area contributed by atoms with E-state index in [1.54, 1.807) is 18.2 Å². The monoisotopic (exact) mass is 258 g/mol. The van der Waals surface area contributed by atoms with Crippen molar-refractivity contribution in [2.75, 3.05) is 6.61 Å². The molecule has 2 aromatic rings. The Morgan fingerprint density at radius 2 is 2.29 bits per heavy atom. The standard InChI is InChI=1S/C11H9ClF2N2O/c12-6-2-1-3-7-9(6)10(16-15-7)8-4-11(13,14)5-17-8/h1-3,8H,4-5H2,(H,15,16). The van der Waals surface area contributed by atoms with Crippen LogP contribution in [0.4, 0.5) is 8.78 Å². The normalized spacial score (nSPS) is 23.4. The number of aromatic amines is 1. The number of H-pyrrole nitrogens is 1. The van der Waals surface area contributed by atoms with Gasteiger partial charge in [-0.15, -0.1) is 0 Å². The van der Waals surface area contributed by atoms with E-state index in [1.165, 1.54) is 0 Å². The third-order valence-corrected chi connectivity index (χ3v) is 3.17. The van der Waals surface area contributed by atoms with Gasteiger partial charge in [0.15, 0.2) is 0 Å². The maximum atomic E-state index is 13.1. The number of ether oxygens (including phenoxy) is 1. The van der Waals surface area contributed by atoms with Crippen LogP contribution in [0.15, 0.2) is 18.2 Å². The van der Waals surface area contributed by atoms with Gasteiger partial charge in [0.05, 0.1) is 10.5 Å². The molecule has 0 bridgehead atoms. The Morgan fingerprint density at radius 1 is 1.47 bits per heavy atom. The van der Waals surface area contributed by atoms with E-state index in [9.17, 15) is 8.78 Å². The molecular weight excluding hydrogens is 250 g/mol. The SMILES string of the molecule is FC1(F)COC(c2n[nH]c3cccc(Cl)c23)C1. The summed E-state index contributed by atoms with van der Waals surface area (Å²) >= 11 is 6.05. The lowest BCUT2D eigenvalue weighted by atomic mass is 10.1. The van der Waals surface area contributed by atoms with Crippen LogP contribution >= 0.6 is 11.6 Å². The lowest BCUT2D eigenvalue weighted by molar-refractivity contribution is -0.0102. The average molecular weight is 259 g/mol. The molecule has 2 heterocycles. The molecule has 90 valence electrons. The Hall–Kier alpha value is -1.20. The van der Waals surface area contributed by atoms with Crippen molar-refractivity contribution in [3.8, 4) is 0 Å². The number of aromatic nitrogens is 2. The van der Waals surface area contributed by atoms with Crippen LogP contribution in [0.2, 0.25) is 5.02 Å². The van der Waals surface area contributed by atoms with Crippen LogP contribution in [0, 0.1) is 0 Å². The Bertz CT molecular complexity index is 570. The van der Waals surface area contributed by atoms with Crippen LogP contribution in [0.5, 0.6) is 0 Å². The summed E-state index contributed by atoms with van der Waals surface area (Å²) in [6.45, 7) is -0.559. The van der Waals surface area contributed by atoms with Crippen molar-refractivity contribution in [3.05, 3.63) is 28.9 Å². The minimum atomic E-state index is -2.78. The number of nitrogens with one attached hydrogen (secondary N) is 1. The molecule has 1 unspecified atom stereocenters. The fraction of sp³-hybridized carbons (Fsp3) is 0.364. The Morgan fingerprint density at radius 3 is 3.00 bits per heavy atom. The summed E-state index contributed by atoms with van der Waals surface area (Å²) in [7, 11) is 0. The van der Waals surface area contributed by atoms with Crippen molar-refractivity contribution in [1.82, 2.24) is 10.2 Å². The molecule has 1 aromatic carbocycles. The molecule has 0 aliphatic carbocycles. The summed E-state index contributed by atoms with van der Waals surface area (Å²) in [5.41, 5.74) is 1.19. The third-order valence-electron chi connectivity index (χ3n) is 2.85. The first kappa shape index (κ1) is 10.9. The first-order valence-corrected chi connectivity index (χ1v) is 5.56. The molecule has 17 heavy (non-hydrogen) atoms. The fourth-order valence-electron chi connectivity index (χ4n) is 2.07. The van der Waals surface area contributed by atoms with Gasteiger partial charge in [-0.05, 0) is 12.1 Å². The molecule has 0 saturated carbocycles. The maximum Gasteiger partial charge on any atom is 0.273 e. The molecule has 1 saturated heterocycles. The molecule has 1 atom stereocenters. The van der Waals surface area contributed by atoms with E-state index < -0.39 is 18.6 Å². The molecule has 0 amide bonds. The van der Waals surface area contributed by atoms with Crippen molar-refractivity contribution in [3.63, 3.8) is 0 Å². The predicted molar refractivity (Wildman–Crippen MR) is 59.4 cm³/mol. The van der Waals surface area contributed by atoms with Crippen LogP contribution in [-0.4, -0.2) is 22.7 Å². The highest BCUT2D eigenvalue weighted by molar-refractivity contribution is 6.35. The van der Waals surface area contributed by atoms with Crippen molar-refractivity contribution in [2.24, 2.45) is 0 Å². The quantitative estimate of drug-likeness (QED) is 0.852. The molecular formula is C11H9ClF2N2O. The summed E-state index contributed by atoms with van der Waals surface area (Å²) in [4.78, 5) is 0. The highest BCUT2D eigenvalue weighted by Gasteiger charge is 2.42. The number of hydrogen-bond donors (Lipinski definition) is 1. The van der Waals surface area contributed by atoms with Crippen molar-refractivity contribution in [2.45, 2.75) is 18.4 Å². The largest absolute Gasteiger partial charge is 0.365 e. The molecule has 1 aliphatic rings. The molecule has 3 rings (SSSR count). The number of rotatable bonds is 1. The third kappa shape index (κ3) is 1.79. The van der Waals surface area contributed by atoms with Gasteiger partial charge in [0, 0.05) is 11.8 Å². The molecule has 1 aromatic heterocycles. The second-order valence-corrected chi connectivity index (χ2v) is 4.54. The van der Waals surface area contributed by atoms with Gasteiger partial charge in [0.2, 0.25) is 0 Å². The molecule has 0 radical (unpaired) electrons.